The molecule has 0 aliphatic rings. The summed E-state index contributed by atoms with van der Waals surface area (Å²) in [6.45, 7) is 4.09. The number of benzene rings is 1. The van der Waals surface area contributed by atoms with E-state index >= 15 is 0 Å². The van der Waals surface area contributed by atoms with Gasteiger partial charge in [-0.15, -0.1) is 0 Å². The lowest BCUT2D eigenvalue weighted by molar-refractivity contribution is 0.152. The highest BCUT2D eigenvalue weighted by Crippen LogP contribution is 1.99. The molecule has 0 saturated carbocycles. The molecule has 0 atom stereocenters. The van der Waals surface area contributed by atoms with Crippen LogP contribution >= 0.6 is 0 Å². The Kier molecular flexibility index (Phi) is 4.34. The fraction of sp³-hybridized carbons (Fsp3) is 0.273. The fourth-order valence-corrected chi connectivity index (χ4v) is 0.975. The summed E-state index contributed by atoms with van der Waals surface area (Å²) in [5.41, 5.74) is 4.37. The van der Waals surface area contributed by atoms with Crippen molar-refractivity contribution in [2.75, 3.05) is 6.61 Å². The van der Waals surface area contributed by atoms with E-state index in [0.717, 1.165) is 5.56 Å². The summed E-state index contributed by atoms with van der Waals surface area (Å²) in [6, 6.07) is 7.80. The zero-order valence-electron chi connectivity index (χ0n) is 8.86. The average Bonchev–Trinajstić information content (AvgIpc) is 2.21. The quantitative estimate of drug-likeness (QED) is 0.608. The Hall–Kier alpha value is -1.84. The van der Waals surface area contributed by atoms with Gasteiger partial charge in [-0.3, -0.25) is 0 Å². The van der Waals surface area contributed by atoms with E-state index in [9.17, 15) is 4.79 Å². The van der Waals surface area contributed by atoms with E-state index < -0.39 is 6.09 Å². The van der Waals surface area contributed by atoms with Gasteiger partial charge in [0.15, 0.2) is 0 Å². The van der Waals surface area contributed by atoms with Crippen molar-refractivity contribution in [2.24, 2.45) is 5.10 Å². The standard InChI is InChI=1S/C11H14N2O2/c1-3-15-11(14)13-12-8-10-6-4-9(2)5-7-10/h4-8H,3H2,1-2H3,(H,13,14). The summed E-state index contributed by atoms with van der Waals surface area (Å²) in [5.74, 6) is 0. The van der Waals surface area contributed by atoms with E-state index in [1.54, 1.807) is 13.1 Å². The van der Waals surface area contributed by atoms with Crippen LogP contribution in [-0.4, -0.2) is 18.9 Å². The first-order valence-corrected chi connectivity index (χ1v) is 4.75. The minimum atomic E-state index is -0.541. The predicted octanol–water partition coefficient (Wildman–Crippen LogP) is 2.08. The molecule has 0 saturated heterocycles. The molecule has 1 aromatic carbocycles. The monoisotopic (exact) mass is 206 g/mol. The van der Waals surface area contributed by atoms with Gasteiger partial charge in [0.2, 0.25) is 0 Å². The molecule has 0 spiro atoms. The number of carbonyl (C=O) groups is 1. The van der Waals surface area contributed by atoms with Crippen molar-refractivity contribution in [1.82, 2.24) is 5.43 Å². The SMILES string of the molecule is CCOC(=O)NN=Cc1ccc(C)cc1. The Bertz CT molecular complexity index is 344. The molecule has 0 aromatic heterocycles. The second-order valence-corrected chi connectivity index (χ2v) is 3.00. The zero-order chi connectivity index (χ0) is 11.1. The minimum Gasteiger partial charge on any atom is -0.449 e. The van der Waals surface area contributed by atoms with Crippen LogP contribution in [0.2, 0.25) is 0 Å². The van der Waals surface area contributed by atoms with Crippen molar-refractivity contribution in [3.8, 4) is 0 Å². The molecule has 0 radical (unpaired) electrons. The summed E-state index contributed by atoms with van der Waals surface area (Å²) in [6.07, 6.45) is 1.02. The number of amides is 1. The second-order valence-electron chi connectivity index (χ2n) is 3.00. The highest BCUT2D eigenvalue weighted by molar-refractivity contribution is 5.80. The van der Waals surface area contributed by atoms with Crippen LogP contribution in [0.25, 0.3) is 0 Å². The third-order valence-corrected chi connectivity index (χ3v) is 1.72. The van der Waals surface area contributed by atoms with E-state index in [1.807, 2.05) is 31.2 Å². The Morgan fingerprint density at radius 2 is 2.13 bits per heavy atom. The number of hydrazone groups is 1. The number of ether oxygens (including phenoxy) is 1. The van der Waals surface area contributed by atoms with E-state index in [0.29, 0.717) is 6.61 Å². The highest BCUT2D eigenvalue weighted by atomic mass is 16.5. The molecule has 15 heavy (non-hydrogen) atoms. The number of carbonyl (C=O) groups excluding carboxylic acids is 1. The maximum absolute atomic E-state index is 10.8. The highest BCUT2D eigenvalue weighted by Gasteiger charge is 1.94. The Balaban J connectivity index is 2.44. The number of nitrogens with zero attached hydrogens (tertiary/aromatic N) is 1. The van der Waals surface area contributed by atoms with E-state index in [4.69, 9.17) is 0 Å². The second kappa shape index (κ2) is 5.80. The van der Waals surface area contributed by atoms with Crippen molar-refractivity contribution < 1.29 is 9.53 Å². The van der Waals surface area contributed by atoms with Gasteiger partial charge >= 0.3 is 6.09 Å². The third kappa shape index (κ3) is 4.26. The molecule has 0 heterocycles. The molecule has 4 heteroatoms. The molecule has 1 amide bonds. The van der Waals surface area contributed by atoms with Crippen LogP contribution in [0.15, 0.2) is 29.4 Å². The van der Waals surface area contributed by atoms with Gasteiger partial charge in [-0.05, 0) is 19.4 Å². The molecule has 0 aliphatic carbocycles. The number of hydrogen-bond donors (Lipinski definition) is 1. The van der Waals surface area contributed by atoms with Crippen molar-refractivity contribution in [3.63, 3.8) is 0 Å². The lowest BCUT2D eigenvalue weighted by Crippen LogP contribution is -2.18. The summed E-state index contributed by atoms with van der Waals surface area (Å²) >= 11 is 0. The summed E-state index contributed by atoms with van der Waals surface area (Å²) in [4.78, 5) is 10.8. The van der Waals surface area contributed by atoms with Gasteiger partial charge in [-0.1, -0.05) is 29.8 Å². The molecule has 0 bridgehead atoms. The fourth-order valence-electron chi connectivity index (χ4n) is 0.975. The first-order valence-electron chi connectivity index (χ1n) is 4.75. The number of hydrogen-bond acceptors (Lipinski definition) is 3. The molecular formula is C11H14N2O2. The molecule has 80 valence electrons. The topological polar surface area (TPSA) is 50.7 Å². The van der Waals surface area contributed by atoms with Crippen LogP contribution < -0.4 is 5.43 Å². The Morgan fingerprint density at radius 1 is 1.47 bits per heavy atom. The molecule has 0 fully saturated rings. The lowest BCUT2D eigenvalue weighted by Gasteiger charge is -1.98. The van der Waals surface area contributed by atoms with E-state index in [1.165, 1.54) is 5.56 Å². The van der Waals surface area contributed by atoms with Gasteiger partial charge in [0, 0.05) is 0 Å². The zero-order valence-corrected chi connectivity index (χ0v) is 8.86. The minimum absolute atomic E-state index is 0.339. The number of nitrogens with one attached hydrogen (secondary N) is 1. The maximum atomic E-state index is 10.8. The predicted molar refractivity (Wildman–Crippen MR) is 58.9 cm³/mol. The van der Waals surface area contributed by atoms with Crippen molar-refractivity contribution in [1.29, 1.82) is 0 Å². The summed E-state index contributed by atoms with van der Waals surface area (Å²) in [7, 11) is 0. The van der Waals surface area contributed by atoms with Crippen molar-refractivity contribution >= 4 is 12.3 Å². The van der Waals surface area contributed by atoms with Crippen LogP contribution in [0.1, 0.15) is 18.1 Å². The van der Waals surface area contributed by atoms with Crippen LogP contribution in [0, 0.1) is 6.92 Å². The Morgan fingerprint density at radius 3 is 2.73 bits per heavy atom. The van der Waals surface area contributed by atoms with Gasteiger partial charge in [0.05, 0.1) is 12.8 Å². The van der Waals surface area contributed by atoms with Crippen LogP contribution in [-0.2, 0) is 4.74 Å². The first-order chi connectivity index (χ1) is 7.22. The van der Waals surface area contributed by atoms with Crippen molar-refractivity contribution in [3.05, 3.63) is 35.4 Å². The molecule has 1 N–H and O–H groups in total. The number of aryl methyl sites for hydroxylation is 1. The van der Waals surface area contributed by atoms with Crippen LogP contribution in [0.5, 0.6) is 0 Å². The normalized spacial score (nSPS) is 10.3. The van der Waals surface area contributed by atoms with Crippen LogP contribution in [0.4, 0.5) is 4.79 Å². The van der Waals surface area contributed by atoms with E-state index in [-0.39, 0.29) is 0 Å². The molecule has 0 unspecified atom stereocenters. The molecule has 4 nitrogen and oxygen atoms in total. The molecule has 1 rings (SSSR count). The smallest absolute Gasteiger partial charge is 0.427 e. The van der Waals surface area contributed by atoms with Gasteiger partial charge in [0.1, 0.15) is 0 Å². The van der Waals surface area contributed by atoms with E-state index in [2.05, 4.69) is 15.3 Å². The van der Waals surface area contributed by atoms with Crippen molar-refractivity contribution in [2.45, 2.75) is 13.8 Å². The lowest BCUT2D eigenvalue weighted by atomic mass is 10.2. The van der Waals surface area contributed by atoms with Gasteiger partial charge in [-0.2, -0.15) is 5.10 Å². The Labute approximate surface area is 88.9 Å². The maximum Gasteiger partial charge on any atom is 0.427 e. The molecular weight excluding hydrogens is 192 g/mol. The average molecular weight is 206 g/mol. The largest absolute Gasteiger partial charge is 0.449 e. The summed E-state index contributed by atoms with van der Waals surface area (Å²) < 4.78 is 4.64. The summed E-state index contributed by atoms with van der Waals surface area (Å²) in [5, 5.41) is 3.74. The third-order valence-electron chi connectivity index (χ3n) is 1.72. The van der Waals surface area contributed by atoms with Crippen LogP contribution in [0.3, 0.4) is 0 Å². The molecule has 1 aromatic rings. The number of rotatable bonds is 3. The van der Waals surface area contributed by atoms with Gasteiger partial charge in [-0.25, -0.2) is 10.2 Å². The molecule has 0 aliphatic heterocycles. The first kappa shape index (κ1) is 11.2. The van der Waals surface area contributed by atoms with Gasteiger partial charge in [0.25, 0.3) is 0 Å². The van der Waals surface area contributed by atoms with Gasteiger partial charge < -0.3 is 4.74 Å².